The lowest BCUT2D eigenvalue weighted by Gasteiger charge is -2.31. The summed E-state index contributed by atoms with van der Waals surface area (Å²) in [5.74, 6) is -1.61. The van der Waals surface area contributed by atoms with Crippen LogP contribution in [0.5, 0.6) is 5.75 Å². The zero-order valence-corrected chi connectivity index (χ0v) is 15.6. The molecule has 0 aromatic heterocycles. The van der Waals surface area contributed by atoms with Crippen LogP contribution < -0.4 is 10.1 Å². The number of likely N-dealkylation sites (tertiary alicyclic amines) is 1. The van der Waals surface area contributed by atoms with Gasteiger partial charge in [0.25, 0.3) is 5.91 Å². The number of hydrogen-bond acceptors (Lipinski definition) is 3. The highest BCUT2D eigenvalue weighted by atomic mass is 19.1. The highest BCUT2D eigenvalue weighted by molar-refractivity contribution is 5.94. The summed E-state index contributed by atoms with van der Waals surface area (Å²) in [6.07, 6.45) is 0.997. The zero-order valence-electron chi connectivity index (χ0n) is 15.6. The fourth-order valence-corrected chi connectivity index (χ4v) is 3.29. The zero-order chi connectivity index (χ0) is 20.1. The highest BCUT2D eigenvalue weighted by Gasteiger charge is 2.28. The molecule has 2 aromatic carbocycles. The van der Waals surface area contributed by atoms with Gasteiger partial charge in [0, 0.05) is 31.6 Å². The van der Waals surface area contributed by atoms with Crippen molar-refractivity contribution in [3.63, 3.8) is 0 Å². The molecule has 1 fully saturated rings. The number of carbonyl (C=O) groups is 2. The molecule has 1 heterocycles. The molecule has 5 nitrogen and oxygen atoms in total. The minimum absolute atomic E-state index is 0.0668. The molecule has 0 saturated carbocycles. The second-order valence-electron chi connectivity index (χ2n) is 6.76. The number of hydrogen-bond donors (Lipinski definition) is 1. The maximum atomic E-state index is 13.8. The van der Waals surface area contributed by atoms with E-state index < -0.39 is 17.5 Å². The fraction of sp³-hybridized carbons (Fsp3) is 0.333. The van der Waals surface area contributed by atoms with Crippen LogP contribution in [0.25, 0.3) is 0 Å². The van der Waals surface area contributed by atoms with E-state index in [4.69, 9.17) is 4.74 Å². The van der Waals surface area contributed by atoms with E-state index in [-0.39, 0.29) is 17.4 Å². The number of amides is 2. The summed E-state index contributed by atoms with van der Waals surface area (Å²) in [6.45, 7) is 1.11. The van der Waals surface area contributed by atoms with Crippen LogP contribution in [0.2, 0.25) is 0 Å². The summed E-state index contributed by atoms with van der Waals surface area (Å²) in [5, 5.41) is 2.91. The maximum absolute atomic E-state index is 13.8. The Morgan fingerprint density at radius 2 is 1.89 bits per heavy atom. The van der Waals surface area contributed by atoms with E-state index in [1.54, 1.807) is 7.11 Å². The second kappa shape index (κ2) is 8.82. The molecule has 1 saturated heterocycles. The van der Waals surface area contributed by atoms with Crippen LogP contribution in [0.1, 0.15) is 28.8 Å². The lowest BCUT2D eigenvalue weighted by Crippen LogP contribution is -2.43. The average molecular weight is 388 g/mol. The molecule has 0 atom stereocenters. The molecule has 1 N–H and O–H groups in total. The highest BCUT2D eigenvalue weighted by Crippen LogP contribution is 2.21. The number of nitrogens with one attached hydrogen (secondary N) is 1. The van der Waals surface area contributed by atoms with Crippen molar-refractivity contribution in [2.24, 2.45) is 5.92 Å². The number of methoxy groups -OCH3 is 1. The monoisotopic (exact) mass is 388 g/mol. The number of benzene rings is 2. The van der Waals surface area contributed by atoms with E-state index in [1.807, 2.05) is 24.3 Å². The van der Waals surface area contributed by atoms with Gasteiger partial charge in [0.2, 0.25) is 5.91 Å². The largest absolute Gasteiger partial charge is 0.497 e. The lowest BCUT2D eigenvalue weighted by atomic mass is 9.95. The average Bonchev–Trinajstić information content (AvgIpc) is 2.72. The molecule has 148 valence electrons. The first kappa shape index (κ1) is 19.8. The van der Waals surface area contributed by atoms with Crippen molar-refractivity contribution in [3.8, 4) is 5.75 Å². The van der Waals surface area contributed by atoms with Crippen LogP contribution in [-0.4, -0.2) is 36.9 Å². The Hall–Kier alpha value is -2.96. The molecule has 0 aliphatic carbocycles. The SMILES string of the molecule is COc1cccc(CNC(=O)C2CCN(C(=O)c3ccc(F)cc3F)CC2)c1. The Labute approximate surface area is 162 Å². The molecule has 2 amide bonds. The summed E-state index contributed by atoms with van der Waals surface area (Å²) in [4.78, 5) is 26.3. The molecule has 0 bridgehead atoms. The van der Waals surface area contributed by atoms with Crippen LogP contribution in [0.3, 0.4) is 0 Å². The molecule has 0 spiro atoms. The van der Waals surface area contributed by atoms with Crippen molar-refractivity contribution in [1.29, 1.82) is 0 Å². The summed E-state index contributed by atoms with van der Waals surface area (Å²) in [5.41, 5.74) is 0.787. The van der Waals surface area contributed by atoms with Crippen LogP contribution in [-0.2, 0) is 11.3 Å². The van der Waals surface area contributed by atoms with Crippen molar-refractivity contribution >= 4 is 11.8 Å². The second-order valence-corrected chi connectivity index (χ2v) is 6.76. The normalized spacial score (nSPS) is 14.6. The first-order valence-corrected chi connectivity index (χ1v) is 9.13. The van der Waals surface area contributed by atoms with Crippen molar-refractivity contribution in [2.45, 2.75) is 19.4 Å². The Bertz CT molecular complexity index is 864. The van der Waals surface area contributed by atoms with Crippen LogP contribution in [0, 0.1) is 17.6 Å². The van der Waals surface area contributed by atoms with Gasteiger partial charge in [-0.1, -0.05) is 12.1 Å². The molecule has 2 aromatic rings. The Morgan fingerprint density at radius 3 is 2.57 bits per heavy atom. The molecule has 28 heavy (non-hydrogen) atoms. The van der Waals surface area contributed by atoms with Gasteiger partial charge in [0.15, 0.2) is 0 Å². The predicted octanol–water partition coefficient (Wildman–Crippen LogP) is 3.14. The third kappa shape index (κ3) is 4.65. The van der Waals surface area contributed by atoms with Gasteiger partial charge >= 0.3 is 0 Å². The number of piperidine rings is 1. The maximum Gasteiger partial charge on any atom is 0.256 e. The molecule has 1 aliphatic heterocycles. The minimum Gasteiger partial charge on any atom is -0.497 e. The van der Waals surface area contributed by atoms with Crippen molar-refractivity contribution in [3.05, 3.63) is 65.2 Å². The number of nitrogens with zero attached hydrogens (tertiary/aromatic N) is 1. The predicted molar refractivity (Wildman–Crippen MR) is 99.8 cm³/mol. The molecule has 0 radical (unpaired) electrons. The Kier molecular flexibility index (Phi) is 6.23. The third-order valence-corrected chi connectivity index (χ3v) is 4.92. The van der Waals surface area contributed by atoms with E-state index in [0.717, 1.165) is 23.4 Å². The van der Waals surface area contributed by atoms with E-state index >= 15 is 0 Å². The van der Waals surface area contributed by atoms with Crippen LogP contribution in [0.15, 0.2) is 42.5 Å². The first-order chi connectivity index (χ1) is 13.5. The lowest BCUT2D eigenvalue weighted by molar-refractivity contribution is -0.126. The third-order valence-electron chi connectivity index (χ3n) is 4.92. The number of halogens is 2. The quantitative estimate of drug-likeness (QED) is 0.856. The Morgan fingerprint density at radius 1 is 1.14 bits per heavy atom. The van der Waals surface area contributed by atoms with Crippen molar-refractivity contribution in [1.82, 2.24) is 10.2 Å². The van der Waals surface area contributed by atoms with Crippen molar-refractivity contribution < 1.29 is 23.1 Å². The number of carbonyl (C=O) groups excluding carboxylic acids is 2. The summed E-state index contributed by atoms with van der Waals surface area (Å²) in [7, 11) is 1.59. The summed E-state index contributed by atoms with van der Waals surface area (Å²) >= 11 is 0. The van der Waals surface area contributed by atoms with Gasteiger partial charge in [0.05, 0.1) is 12.7 Å². The Balaban J connectivity index is 1.51. The standard InChI is InChI=1S/C21H22F2N2O3/c1-28-17-4-2-3-14(11-17)13-24-20(26)15-7-9-25(10-8-15)21(27)18-6-5-16(22)12-19(18)23/h2-6,11-12,15H,7-10,13H2,1H3,(H,24,26). The number of ether oxygens (including phenoxy) is 1. The molecular weight excluding hydrogens is 366 g/mol. The smallest absolute Gasteiger partial charge is 0.256 e. The van der Waals surface area contributed by atoms with Gasteiger partial charge in [-0.05, 0) is 42.7 Å². The molecular formula is C21H22F2N2O3. The van der Waals surface area contributed by atoms with Gasteiger partial charge in [0.1, 0.15) is 17.4 Å². The minimum atomic E-state index is -0.872. The van der Waals surface area contributed by atoms with E-state index in [9.17, 15) is 18.4 Å². The molecule has 7 heteroatoms. The van der Waals surface area contributed by atoms with E-state index in [1.165, 1.54) is 4.90 Å². The topological polar surface area (TPSA) is 58.6 Å². The fourth-order valence-electron chi connectivity index (χ4n) is 3.29. The van der Waals surface area contributed by atoms with E-state index in [2.05, 4.69) is 5.32 Å². The van der Waals surface area contributed by atoms with Crippen LogP contribution >= 0.6 is 0 Å². The molecule has 1 aliphatic rings. The summed E-state index contributed by atoms with van der Waals surface area (Å²) < 4.78 is 32.0. The first-order valence-electron chi connectivity index (χ1n) is 9.13. The molecule has 3 rings (SSSR count). The van der Waals surface area contributed by atoms with Crippen molar-refractivity contribution in [2.75, 3.05) is 20.2 Å². The summed E-state index contributed by atoms with van der Waals surface area (Å²) in [6, 6.07) is 10.4. The van der Waals surface area contributed by atoms with Gasteiger partial charge in [-0.3, -0.25) is 9.59 Å². The van der Waals surface area contributed by atoms with Gasteiger partial charge in [-0.25, -0.2) is 8.78 Å². The van der Waals surface area contributed by atoms with Crippen LogP contribution in [0.4, 0.5) is 8.78 Å². The van der Waals surface area contributed by atoms with Gasteiger partial charge in [-0.15, -0.1) is 0 Å². The van der Waals surface area contributed by atoms with Gasteiger partial charge in [-0.2, -0.15) is 0 Å². The van der Waals surface area contributed by atoms with Gasteiger partial charge < -0.3 is 15.0 Å². The number of rotatable bonds is 5. The molecule has 0 unspecified atom stereocenters. The van der Waals surface area contributed by atoms with E-state index in [0.29, 0.717) is 38.5 Å².